The molecular weight excluding hydrogens is 572 g/mol. The predicted molar refractivity (Wildman–Crippen MR) is 158 cm³/mol. The van der Waals surface area contributed by atoms with Gasteiger partial charge in [0, 0.05) is 11.3 Å². The summed E-state index contributed by atoms with van der Waals surface area (Å²) in [4.78, 5) is 13.5. The molecular formula is C33H54O11. The highest BCUT2D eigenvalue weighted by molar-refractivity contribution is 5.95. The molecule has 0 bridgehead atoms. The fourth-order valence-electron chi connectivity index (χ4n) is 9.86. The number of hydrogen-bond acceptors (Lipinski definition) is 11. The van der Waals surface area contributed by atoms with Crippen molar-refractivity contribution in [2.75, 3.05) is 6.61 Å². The van der Waals surface area contributed by atoms with Gasteiger partial charge in [-0.3, -0.25) is 4.79 Å². The van der Waals surface area contributed by atoms with Crippen molar-refractivity contribution in [2.24, 2.45) is 34.5 Å². The maximum absolute atomic E-state index is 13.5. The molecule has 44 heavy (non-hydrogen) atoms. The summed E-state index contributed by atoms with van der Waals surface area (Å²) in [6.07, 6.45) is -5.08. The zero-order valence-electron chi connectivity index (χ0n) is 26.7. The van der Waals surface area contributed by atoms with Gasteiger partial charge >= 0.3 is 0 Å². The largest absolute Gasteiger partial charge is 0.394 e. The quantitative estimate of drug-likeness (QED) is 0.187. The number of carbonyl (C=O) groups is 1. The van der Waals surface area contributed by atoms with Crippen molar-refractivity contribution in [3.63, 3.8) is 0 Å². The molecule has 0 aromatic heterocycles. The van der Waals surface area contributed by atoms with E-state index in [1.165, 1.54) is 0 Å². The fourth-order valence-corrected chi connectivity index (χ4v) is 9.86. The van der Waals surface area contributed by atoms with Crippen LogP contribution >= 0.6 is 0 Å². The molecule has 5 rings (SSSR count). The van der Waals surface area contributed by atoms with Crippen LogP contribution in [0.4, 0.5) is 0 Å². The van der Waals surface area contributed by atoms with Crippen molar-refractivity contribution in [3.05, 3.63) is 11.6 Å². The number of aliphatic hydroxyl groups excluding tert-OH is 6. The molecule has 1 aliphatic heterocycles. The topological polar surface area (TPSA) is 197 Å². The zero-order chi connectivity index (χ0) is 32.6. The normalized spacial score (nSPS) is 49.5. The summed E-state index contributed by atoms with van der Waals surface area (Å²) in [6, 6.07) is 0. The van der Waals surface area contributed by atoms with E-state index in [0.29, 0.717) is 44.1 Å². The van der Waals surface area contributed by atoms with Gasteiger partial charge in [-0.15, -0.1) is 0 Å². The highest BCUT2D eigenvalue weighted by Crippen LogP contribution is 2.68. The highest BCUT2D eigenvalue weighted by Gasteiger charge is 2.69. The molecule has 5 aliphatic rings. The molecule has 11 heteroatoms. The van der Waals surface area contributed by atoms with Crippen LogP contribution in [0.1, 0.15) is 86.0 Å². The second-order valence-corrected chi connectivity index (χ2v) is 15.6. The first-order valence-electron chi connectivity index (χ1n) is 16.4. The van der Waals surface area contributed by atoms with Crippen LogP contribution in [-0.4, -0.2) is 113 Å². The van der Waals surface area contributed by atoms with Crippen LogP contribution in [0, 0.1) is 34.5 Å². The smallest absolute Gasteiger partial charge is 0.187 e. The van der Waals surface area contributed by atoms with Crippen LogP contribution < -0.4 is 0 Å². The Hall–Kier alpha value is -0.990. The first-order valence-corrected chi connectivity index (χ1v) is 16.4. The van der Waals surface area contributed by atoms with Crippen LogP contribution in [-0.2, 0) is 14.3 Å². The lowest BCUT2D eigenvalue weighted by atomic mass is 9.45. The predicted octanol–water partition coefficient (Wildman–Crippen LogP) is 0.563. The molecule has 0 aromatic carbocycles. The van der Waals surface area contributed by atoms with Gasteiger partial charge in [-0.05, 0) is 93.1 Å². The number of fused-ring (bicyclic) bond motifs is 5. The third-order valence-corrected chi connectivity index (χ3v) is 12.6. The molecule has 4 aliphatic carbocycles. The molecule has 0 amide bonds. The monoisotopic (exact) mass is 626 g/mol. The SMILES string of the molecule is CC(C)CC[C@@H](O[C@@H]1O[C@H](CO)[C@@H](O)[C@H](O)[C@H]1O)[C@](C)(O)[C@H]1CC[C@]2(O)C3=CC(=O)[C@@H]4C[C@@H](O)[C@@H](O)C[C@]4(C)[C@H]3CC[C@]12C. The molecule has 0 radical (unpaired) electrons. The molecule has 4 fully saturated rings. The number of carbonyl (C=O) groups excluding carboxylic acids is 1. The maximum Gasteiger partial charge on any atom is 0.187 e. The average molecular weight is 627 g/mol. The van der Waals surface area contributed by atoms with Crippen molar-refractivity contribution in [2.45, 2.75) is 146 Å². The van der Waals surface area contributed by atoms with Gasteiger partial charge in [0.15, 0.2) is 12.1 Å². The first-order chi connectivity index (χ1) is 20.4. The van der Waals surface area contributed by atoms with Crippen molar-refractivity contribution in [3.8, 4) is 0 Å². The summed E-state index contributed by atoms with van der Waals surface area (Å²) in [7, 11) is 0. The molecule has 3 saturated carbocycles. The molecule has 0 aromatic rings. The fraction of sp³-hybridized carbons (Fsp3) is 0.909. The van der Waals surface area contributed by atoms with E-state index in [4.69, 9.17) is 9.47 Å². The molecule has 8 N–H and O–H groups in total. The zero-order valence-corrected chi connectivity index (χ0v) is 26.7. The van der Waals surface area contributed by atoms with E-state index in [1.54, 1.807) is 13.0 Å². The Morgan fingerprint density at radius 3 is 2.32 bits per heavy atom. The Bertz CT molecular complexity index is 1110. The van der Waals surface area contributed by atoms with Gasteiger partial charge in [0.2, 0.25) is 0 Å². The van der Waals surface area contributed by atoms with Gasteiger partial charge < -0.3 is 50.3 Å². The molecule has 0 unspecified atom stereocenters. The minimum atomic E-state index is -1.62. The second-order valence-electron chi connectivity index (χ2n) is 15.6. The Morgan fingerprint density at radius 2 is 1.68 bits per heavy atom. The number of allylic oxidation sites excluding steroid dienone is 1. The van der Waals surface area contributed by atoms with Crippen molar-refractivity contribution in [1.29, 1.82) is 0 Å². The van der Waals surface area contributed by atoms with Crippen LogP contribution in [0.15, 0.2) is 11.6 Å². The summed E-state index contributed by atoms with van der Waals surface area (Å²) < 4.78 is 11.9. The number of hydrogen-bond donors (Lipinski definition) is 8. The van der Waals surface area contributed by atoms with Gasteiger partial charge in [0.25, 0.3) is 0 Å². The van der Waals surface area contributed by atoms with E-state index in [9.17, 15) is 45.6 Å². The lowest BCUT2D eigenvalue weighted by molar-refractivity contribution is -0.328. The lowest BCUT2D eigenvalue weighted by Crippen LogP contribution is -2.64. The van der Waals surface area contributed by atoms with Gasteiger partial charge in [-0.25, -0.2) is 0 Å². The summed E-state index contributed by atoms with van der Waals surface area (Å²) in [5, 5.41) is 87.0. The highest BCUT2D eigenvalue weighted by atomic mass is 16.7. The van der Waals surface area contributed by atoms with Crippen molar-refractivity contribution in [1.82, 2.24) is 0 Å². The Balaban J connectivity index is 1.46. The van der Waals surface area contributed by atoms with E-state index >= 15 is 0 Å². The first kappa shape index (κ1) is 34.3. The van der Waals surface area contributed by atoms with E-state index in [-0.39, 0.29) is 30.5 Å². The Labute approximate surface area is 259 Å². The van der Waals surface area contributed by atoms with E-state index in [2.05, 4.69) is 0 Å². The van der Waals surface area contributed by atoms with Gasteiger partial charge in [-0.1, -0.05) is 27.7 Å². The minimum absolute atomic E-state index is 0.140. The molecule has 0 spiro atoms. The summed E-state index contributed by atoms with van der Waals surface area (Å²) >= 11 is 0. The van der Waals surface area contributed by atoms with Crippen LogP contribution in [0.5, 0.6) is 0 Å². The molecule has 1 saturated heterocycles. The minimum Gasteiger partial charge on any atom is -0.394 e. The van der Waals surface area contributed by atoms with E-state index in [0.717, 1.165) is 0 Å². The van der Waals surface area contributed by atoms with Crippen LogP contribution in [0.2, 0.25) is 0 Å². The van der Waals surface area contributed by atoms with Crippen molar-refractivity contribution >= 4 is 5.78 Å². The maximum atomic E-state index is 13.5. The molecule has 252 valence electrons. The lowest BCUT2D eigenvalue weighted by Gasteiger charge is -2.61. The average Bonchev–Trinajstić information content (AvgIpc) is 3.24. The van der Waals surface area contributed by atoms with E-state index in [1.807, 2.05) is 27.7 Å². The molecule has 11 nitrogen and oxygen atoms in total. The van der Waals surface area contributed by atoms with Crippen molar-refractivity contribution < 1.29 is 55.1 Å². The number of rotatable bonds is 8. The van der Waals surface area contributed by atoms with Gasteiger partial charge in [-0.2, -0.15) is 0 Å². The number of ether oxygens (including phenoxy) is 2. The summed E-state index contributed by atoms with van der Waals surface area (Å²) in [5.41, 5.74) is -3.73. The van der Waals surface area contributed by atoms with Crippen LogP contribution in [0.3, 0.4) is 0 Å². The van der Waals surface area contributed by atoms with Gasteiger partial charge in [0.1, 0.15) is 24.4 Å². The molecule has 15 atom stereocenters. The third kappa shape index (κ3) is 5.23. The van der Waals surface area contributed by atoms with E-state index < -0.39 is 89.5 Å². The number of ketones is 1. The Morgan fingerprint density at radius 1 is 1.00 bits per heavy atom. The number of aliphatic hydroxyl groups is 8. The second kappa shape index (κ2) is 11.9. The molecule has 1 heterocycles. The Kier molecular flexibility index (Phi) is 9.30. The summed E-state index contributed by atoms with van der Waals surface area (Å²) in [6.45, 7) is 9.11. The van der Waals surface area contributed by atoms with Crippen LogP contribution in [0.25, 0.3) is 0 Å². The standard InChI is InChI=1S/C33H54O11/c1-16(2)6-7-25(44-29-28(40)27(39)26(38)23(15-34)43-29)32(5,41)24-9-11-33(42)18-12-20(35)19-13-21(36)22(37)14-30(19,3)17(18)8-10-31(24,33)4/h12,16-17,19,21-29,34,36-42H,6-11,13-15H2,1-5H3/t17-,19-,21+,22-,23+,24-,25+,26+,27-,28+,29-,30+,31+,32+,33-/m0/s1. The third-order valence-electron chi connectivity index (χ3n) is 12.6. The summed E-state index contributed by atoms with van der Waals surface area (Å²) in [5.74, 6) is -0.956. The van der Waals surface area contributed by atoms with Gasteiger partial charge in [0.05, 0.1) is 36.1 Å².